The lowest BCUT2D eigenvalue weighted by atomic mass is 10.2. The molecule has 0 radical (unpaired) electrons. The summed E-state index contributed by atoms with van der Waals surface area (Å²) in [6, 6.07) is 6.79. The molecule has 0 heterocycles. The second-order valence-electron chi connectivity index (χ2n) is 4.07. The van der Waals surface area contributed by atoms with Gasteiger partial charge in [0.1, 0.15) is 6.54 Å². The normalized spacial score (nSPS) is 10.0. The van der Waals surface area contributed by atoms with Gasteiger partial charge in [-0.15, -0.1) is 0 Å². The lowest BCUT2D eigenvalue weighted by molar-refractivity contribution is -0.137. The first kappa shape index (κ1) is 15.3. The van der Waals surface area contributed by atoms with Crippen LogP contribution in [0, 0.1) is 0 Å². The summed E-state index contributed by atoms with van der Waals surface area (Å²) in [4.78, 5) is 23.8. The standard InChI is InChI=1S/C13H17ClN2O3/c1-2-7-16(9-12(17)18)13(19)15-8-10-5-3-4-6-11(10)14/h3-6H,2,7-9H2,1H3,(H,15,19)(H,17,18). The lowest BCUT2D eigenvalue weighted by Gasteiger charge is -2.20. The molecule has 104 valence electrons. The minimum absolute atomic E-state index is 0.276. The van der Waals surface area contributed by atoms with Gasteiger partial charge < -0.3 is 15.3 Å². The predicted molar refractivity (Wildman–Crippen MR) is 73.2 cm³/mol. The van der Waals surface area contributed by atoms with Crippen LogP contribution in [-0.2, 0) is 11.3 Å². The molecule has 0 spiro atoms. The maximum atomic E-state index is 11.9. The zero-order valence-electron chi connectivity index (χ0n) is 10.7. The van der Waals surface area contributed by atoms with Gasteiger partial charge >= 0.3 is 12.0 Å². The Balaban J connectivity index is 2.57. The maximum Gasteiger partial charge on any atom is 0.323 e. The van der Waals surface area contributed by atoms with Crippen LogP contribution in [-0.4, -0.2) is 35.1 Å². The van der Waals surface area contributed by atoms with Crippen molar-refractivity contribution in [1.82, 2.24) is 10.2 Å². The number of nitrogens with zero attached hydrogens (tertiary/aromatic N) is 1. The monoisotopic (exact) mass is 284 g/mol. The molecule has 0 aromatic heterocycles. The van der Waals surface area contributed by atoms with Crippen molar-refractivity contribution in [2.24, 2.45) is 0 Å². The van der Waals surface area contributed by atoms with E-state index in [2.05, 4.69) is 5.32 Å². The van der Waals surface area contributed by atoms with E-state index in [-0.39, 0.29) is 13.1 Å². The Morgan fingerprint density at radius 2 is 2.05 bits per heavy atom. The molecule has 0 saturated heterocycles. The fourth-order valence-corrected chi connectivity index (χ4v) is 1.81. The third-order valence-corrected chi connectivity index (χ3v) is 2.86. The SMILES string of the molecule is CCCN(CC(=O)O)C(=O)NCc1ccccc1Cl. The number of halogens is 1. The van der Waals surface area contributed by atoms with Gasteiger partial charge in [0.05, 0.1) is 0 Å². The Kier molecular flexibility index (Phi) is 6.15. The summed E-state index contributed by atoms with van der Waals surface area (Å²) in [6.45, 7) is 2.26. The van der Waals surface area contributed by atoms with Gasteiger partial charge in [0.25, 0.3) is 0 Å². The van der Waals surface area contributed by atoms with Gasteiger partial charge in [-0.3, -0.25) is 4.79 Å². The molecule has 5 nitrogen and oxygen atoms in total. The molecule has 0 fully saturated rings. The molecule has 0 unspecified atom stereocenters. The second-order valence-corrected chi connectivity index (χ2v) is 4.47. The number of benzene rings is 1. The van der Waals surface area contributed by atoms with Gasteiger partial charge in [-0.2, -0.15) is 0 Å². The summed E-state index contributed by atoms with van der Waals surface area (Å²) in [5, 5.41) is 12.0. The van der Waals surface area contributed by atoms with Crippen LogP contribution >= 0.6 is 11.6 Å². The van der Waals surface area contributed by atoms with Crippen LogP contribution < -0.4 is 5.32 Å². The average molecular weight is 285 g/mol. The Morgan fingerprint density at radius 3 is 2.63 bits per heavy atom. The maximum absolute atomic E-state index is 11.9. The quantitative estimate of drug-likeness (QED) is 0.842. The van der Waals surface area contributed by atoms with E-state index in [9.17, 15) is 9.59 Å². The first-order chi connectivity index (χ1) is 9.04. The molecule has 1 aromatic carbocycles. The molecule has 2 amide bonds. The Bertz CT molecular complexity index is 451. The van der Waals surface area contributed by atoms with Gasteiger partial charge in [0.2, 0.25) is 0 Å². The summed E-state index contributed by atoms with van der Waals surface area (Å²) in [6.07, 6.45) is 0.701. The number of amides is 2. The number of aliphatic carboxylic acids is 1. The van der Waals surface area contributed by atoms with Gasteiger partial charge in [-0.25, -0.2) is 4.79 Å². The highest BCUT2D eigenvalue weighted by Gasteiger charge is 2.15. The third kappa shape index (κ3) is 5.18. The Morgan fingerprint density at radius 1 is 1.37 bits per heavy atom. The van der Waals surface area contributed by atoms with Crippen molar-refractivity contribution in [2.45, 2.75) is 19.9 Å². The smallest absolute Gasteiger partial charge is 0.323 e. The highest BCUT2D eigenvalue weighted by atomic mass is 35.5. The number of carboxylic acids is 1. The molecular formula is C13H17ClN2O3. The molecule has 0 aliphatic carbocycles. The zero-order valence-corrected chi connectivity index (χ0v) is 11.5. The van der Waals surface area contributed by atoms with E-state index in [1.165, 1.54) is 4.90 Å². The second kappa shape index (κ2) is 7.63. The third-order valence-electron chi connectivity index (χ3n) is 2.49. The van der Waals surface area contributed by atoms with Gasteiger partial charge in [0, 0.05) is 18.1 Å². The van der Waals surface area contributed by atoms with Gasteiger partial charge in [0.15, 0.2) is 0 Å². The van der Waals surface area contributed by atoms with Gasteiger partial charge in [-0.1, -0.05) is 36.7 Å². The number of carboxylic acid groups (broad SMARTS) is 1. The molecule has 1 aromatic rings. The number of carbonyl (C=O) groups is 2. The van der Waals surface area contributed by atoms with Crippen molar-refractivity contribution in [3.8, 4) is 0 Å². The minimum Gasteiger partial charge on any atom is -0.480 e. The van der Waals surface area contributed by atoms with Crippen molar-refractivity contribution >= 4 is 23.6 Å². The van der Waals surface area contributed by atoms with E-state index >= 15 is 0 Å². The van der Waals surface area contributed by atoms with Crippen LogP contribution in [0.5, 0.6) is 0 Å². The number of urea groups is 1. The highest BCUT2D eigenvalue weighted by molar-refractivity contribution is 6.31. The van der Waals surface area contributed by atoms with E-state index in [1.807, 2.05) is 25.1 Å². The Labute approximate surface area is 117 Å². The molecule has 0 aliphatic heterocycles. The molecule has 0 bridgehead atoms. The van der Waals surface area contributed by atoms with Crippen LogP contribution in [0.25, 0.3) is 0 Å². The Hall–Kier alpha value is -1.75. The number of nitrogens with one attached hydrogen (secondary N) is 1. The van der Waals surface area contributed by atoms with E-state index in [1.54, 1.807) is 6.07 Å². The summed E-state index contributed by atoms with van der Waals surface area (Å²) in [5.74, 6) is -1.03. The van der Waals surface area contributed by atoms with E-state index in [0.717, 1.165) is 5.56 Å². The van der Waals surface area contributed by atoms with Crippen LogP contribution in [0.3, 0.4) is 0 Å². The molecule has 0 aliphatic rings. The van der Waals surface area contributed by atoms with Crippen LogP contribution in [0.4, 0.5) is 4.79 Å². The summed E-state index contributed by atoms with van der Waals surface area (Å²) < 4.78 is 0. The number of carbonyl (C=O) groups excluding carboxylic acids is 1. The fraction of sp³-hybridized carbons (Fsp3) is 0.385. The number of hydrogen-bond donors (Lipinski definition) is 2. The molecule has 0 saturated carbocycles. The number of rotatable bonds is 6. The fourth-order valence-electron chi connectivity index (χ4n) is 1.61. The topological polar surface area (TPSA) is 69.6 Å². The van der Waals surface area contributed by atoms with E-state index in [0.29, 0.717) is 18.0 Å². The summed E-state index contributed by atoms with van der Waals surface area (Å²) >= 11 is 5.97. The molecule has 6 heteroatoms. The molecule has 19 heavy (non-hydrogen) atoms. The predicted octanol–water partition coefficient (Wildman–Crippen LogP) is 2.35. The highest BCUT2D eigenvalue weighted by Crippen LogP contribution is 2.14. The molecule has 0 atom stereocenters. The summed E-state index contributed by atoms with van der Waals surface area (Å²) in [5.41, 5.74) is 0.796. The number of hydrogen-bond acceptors (Lipinski definition) is 2. The van der Waals surface area contributed by atoms with Crippen molar-refractivity contribution in [3.63, 3.8) is 0 Å². The largest absolute Gasteiger partial charge is 0.480 e. The van der Waals surface area contributed by atoms with E-state index < -0.39 is 12.0 Å². The van der Waals surface area contributed by atoms with Crippen molar-refractivity contribution < 1.29 is 14.7 Å². The lowest BCUT2D eigenvalue weighted by Crippen LogP contribution is -2.42. The molecular weight excluding hydrogens is 268 g/mol. The first-order valence-corrected chi connectivity index (χ1v) is 6.40. The van der Waals surface area contributed by atoms with Crippen molar-refractivity contribution in [2.75, 3.05) is 13.1 Å². The van der Waals surface area contributed by atoms with Crippen molar-refractivity contribution in [3.05, 3.63) is 34.9 Å². The molecule has 2 N–H and O–H groups in total. The van der Waals surface area contributed by atoms with Crippen LogP contribution in [0.2, 0.25) is 5.02 Å². The van der Waals surface area contributed by atoms with Crippen molar-refractivity contribution in [1.29, 1.82) is 0 Å². The van der Waals surface area contributed by atoms with Gasteiger partial charge in [-0.05, 0) is 18.1 Å². The summed E-state index contributed by atoms with van der Waals surface area (Å²) in [7, 11) is 0. The minimum atomic E-state index is -1.03. The zero-order chi connectivity index (χ0) is 14.3. The van der Waals surface area contributed by atoms with Crippen LogP contribution in [0.1, 0.15) is 18.9 Å². The average Bonchev–Trinajstić information content (AvgIpc) is 2.36. The van der Waals surface area contributed by atoms with Crippen LogP contribution in [0.15, 0.2) is 24.3 Å². The molecule has 1 rings (SSSR count). The first-order valence-electron chi connectivity index (χ1n) is 6.02. The van der Waals surface area contributed by atoms with E-state index in [4.69, 9.17) is 16.7 Å².